The van der Waals surface area contributed by atoms with E-state index in [9.17, 15) is 13.2 Å². The molecule has 0 spiro atoms. The largest absolute Gasteiger partial charge is 0.399 e. The number of likely N-dealkylation sites (N-methyl/N-ethyl adjacent to an activating group) is 2. The Bertz CT molecular complexity index is 582. The Labute approximate surface area is 113 Å². The molecule has 106 valence electrons. The van der Waals surface area contributed by atoms with Crippen LogP contribution >= 0.6 is 0 Å². The smallest absolute Gasteiger partial charge is 0.243 e. The molecule has 1 amide bonds. The van der Waals surface area contributed by atoms with Crippen molar-refractivity contribution in [2.24, 2.45) is 0 Å². The maximum atomic E-state index is 12.3. The molecule has 7 heteroatoms. The maximum Gasteiger partial charge on any atom is 0.243 e. The number of nitrogens with two attached hydrogens (primary N) is 1. The maximum absolute atomic E-state index is 12.3. The van der Waals surface area contributed by atoms with Crippen LogP contribution in [0, 0.1) is 6.92 Å². The van der Waals surface area contributed by atoms with Crippen molar-refractivity contribution in [2.45, 2.75) is 11.8 Å². The summed E-state index contributed by atoms with van der Waals surface area (Å²) < 4.78 is 25.7. The zero-order valence-electron chi connectivity index (χ0n) is 11.5. The summed E-state index contributed by atoms with van der Waals surface area (Å²) in [6, 6.07) is 4.58. The highest BCUT2D eigenvalue weighted by molar-refractivity contribution is 7.89. The number of carbonyl (C=O) groups is 1. The third-order valence-electron chi connectivity index (χ3n) is 2.74. The first kappa shape index (κ1) is 15.5. The van der Waals surface area contributed by atoms with Crippen LogP contribution in [0.25, 0.3) is 0 Å². The monoisotopic (exact) mass is 285 g/mol. The molecule has 0 fully saturated rings. The standard InChI is InChI=1S/C12H19N3O3S/c1-9-7-10(13)5-6-11(9)19(17,18)15(4)8-12(16)14(2)3/h5-7H,8,13H2,1-4H3. The average Bonchev–Trinajstić information content (AvgIpc) is 2.27. The second-order valence-electron chi connectivity index (χ2n) is 4.57. The van der Waals surface area contributed by atoms with E-state index >= 15 is 0 Å². The summed E-state index contributed by atoms with van der Waals surface area (Å²) in [6.45, 7) is 1.48. The first-order chi connectivity index (χ1) is 8.66. The molecule has 6 nitrogen and oxygen atoms in total. The van der Waals surface area contributed by atoms with Gasteiger partial charge in [0.1, 0.15) is 0 Å². The highest BCUT2D eigenvalue weighted by atomic mass is 32.2. The number of anilines is 1. The van der Waals surface area contributed by atoms with Gasteiger partial charge in [0.25, 0.3) is 0 Å². The SMILES string of the molecule is Cc1cc(N)ccc1S(=O)(=O)N(C)CC(=O)N(C)C. The number of amides is 1. The number of benzene rings is 1. The fourth-order valence-corrected chi connectivity index (χ4v) is 2.87. The molecule has 0 bridgehead atoms. The van der Waals surface area contributed by atoms with Gasteiger partial charge in [-0.1, -0.05) is 0 Å². The lowest BCUT2D eigenvalue weighted by atomic mass is 10.2. The first-order valence-electron chi connectivity index (χ1n) is 5.69. The summed E-state index contributed by atoms with van der Waals surface area (Å²) in [5.41, 5.74) is 6.66. The summed E-state index contributed by atoms with van der Waals surface area (Å²) in [4.78, 5) is 13.1. The van der Waals surface area contributed by atoms with Crippen LogP contribution in [-0.2, 0) is 14.8 Å². The Kier molecular flexibility index (Phi) is 4.54. The van der Waals surface area contributed by atoms with Gasteiger partial charge in [0.05, 0.1) is 11.4 Å². The van der Waals surface area contributed by atoms with Crippen molar-refractivity contribution in [3.8, 4) is 0 Å². The van der Waals surface area contributed by atoms with Gasteiger partial charge in [-0.2, -0.15) is 4.31 Å². The minimum atomic E-state index is -3.68. The molecule has 0 saturated heterocycles. The van der Waals surface area contributed by atoms with E-state index in [1.165, 1.54) is 24.1 Å². The van der Waals surface area contributed by atoms with E-state index in [0.29, 0.717) is 11.3 Å². The van der Waals surface area contributed by atoms with Gasteiger partial charge in [0, 0.05) is 26.8 Å². The molecule has 0 radical (unpaired) electrons. The van der Waals surface area contributed by atoms with E-state index in [2.05, 4.69) is 0 Å². The number of nitrogen functional groups attached to an aromatic ring is 1. The molecule has 0 atom stereocenters. The van der Waals surface area contributed by atoms with E-state index in [0.717, 1.165) is 4.31 Å². The van der Waals surface area contributed by atoms with Crippen LogP contribution in [0.15, 0.2) is 23.1 Å². The van der Waals surface area contributed by atoms with Crippen molar-refractivity contribution < 1.29 is 13.2 Å². The molecule has 2 N–H and O–H groups in total. The van der Waals surface area contributed by atoms with Crippen molar-refractivity contribution in [1.82, 2.24) is 9.21 Å². The van der Waals surface area contributed by atoms with E-state index in [1.54, 1.807) is 27.1 Å². The van der Waals surface area contributed by atoms with Crippen molar-refractivity contribution in [3.05, 3.63) is 23.8 Å². The number of hydrogen-bond donors (Lipinski definition) is 1. The quantitative estimate of drug-likeness (QED) is 0.806. The third kappa shape index (κ3) is 3.45. The molecule has 19 heavy (non-hydrogen) atoms. The van der Waals surface area contributed by atoms with Gasteiger partial charge in [-0.3, -0.25) is 4.79 Å². The normalized spacial score (nSPS) is 11.6. The number of aryl methyl sites for hydroxylation is 1. The average molecular weight is 285 g/mol. The van der Waals surface area contributed by atoms with Crippen molar-refractivity contribution in [1.29, 1.82) is 0 Å². The van der Waals surface area contributed by atoms with E-state index in [-0.39, 0.29) is 17.3 Å². The molecule has 0 aliphatic heterocycles. The minimum absolute atomic E-state index is 0.163. The van der Waals surface area contributed by atoms with Crippen LogP contribution in [0.2, 0.25) is 0 Å². The number of carbonyl (C=O) groups excluding carboxylic acids is 1. The predicted molar refractivity (Wildman–Crippen MR) is 74.1 cm³/mol. The molecule has 0 aliphatic carbocycles. The van der Waals surface area contributed by atoms with E-state index < -0.39 is 10.0 Å². The van der Waals surface area contributed by atoms with Gasteiger partial charge in [0.15, 0.2) is 0 Å². The van der Waals surface area contributed by atoms with Crippen molar-refractivity contribution in [3.63, 3.8) is 0 Å². The third-order valence-corrected chi connectivity index (χ3v) is 4.71. The fraction of sp³-hybridized carbons (Fsp3) is 0.417. The zero-order valence-corrected chi connectivity index (χ0v) is 12.4. The Morgan fingerprint density at radius 2 is 1.84 bits per heavy atom. The van der Waals surface area contributed by atoms with Crippen LogP contribution in [0.3, 0.4) is 0 Å². The zero-order chi connectivity index (χ0) is 14.8. The van der Waals surface area contributed by atoms with Gasteiger partial charge in [-0.25, -0.2) is 8.42 Å². The molecule has 0 unspecified atom stereocenters. The fourth-order valence-electron chi connectivity index (χ4n) is 1.55. The topological polar surface area (TPSA) is 83.7 Å². The molecular weight excluding hydrogens is 266 g/mol. The molecule has 0 aromatic heterocycles. The Hall–Kier alpha value is -1.60. The Balaban J connectivity index is 3.07. The van der Waals surface area contributed by atoms with Gasteiger partial charge in [-0.05, 0) is 30.7 Å². The highest BCUT2D eigenvalue weighted by Crippen LogP contribution is 2.20. The second-order valence-corrected chi connectivity index (χ2v) is 6.59. The molecule has 0 saturated carbocycles. The molecule has 0 heterocycles. The highest BCUT2D eigenvalue weighted by Gasteiger charge is 2.25. The number of nitrogens with zero attached hydrogens (tertiary/aromatic N) is 2. The molecule has 1 aromatic carbocycles. The minimum Gasteiger partial charge on any atom is -0.399 e. The summed E-state index contributed by atoms with van der Waals surface area (Å²) in [6.07, 6.45) is 0. The van der Waals surface area contributed by atoms with Crippen LogP contribution in [0.1, 0.15) is 5.56 Å². The van der Waals surface area contributed by atoms with Crippen LogP contribution in [0.4, 0.5) is 5.69 Å². The number of sulfonamides is 1. The summed E-state index contributed by atoms with van der Waals surface area (Å²) in [5, 5.41) is 0. The molecule has 0 aliphatic rings. The summed E-state index contributed by atoms with van der Waals surface area (Å²) in [5.74, 6) is -0.279. The summed E-state index contributed by atoms with van der Waals surface area (Å²) in [7, 11) is 0.858. The van der Waals surface area contributed by atoms with Gasteiger partial charge < -0.3 is 10.6 Å². The predicted octanol–water partition coefficient (Wildman–Crippen LogP) is 0.286. The lowest BCUT2D eigenvalue weighted by molar-refractivity contribution is -0.128. The summed E-state index contributed by atoms with van der Waals surface area (Å²) >= 11 is 0. The molecular formula is C12H19N3O3S. The second kappa shape index (κ2) is 5.58. The lowest BCUT2D eigenvalue weighted by Crippen LogP contribution is -2.37. The number of hydrogen-bond acceptors (Lipinski definition) is 4. The Morgan fingerprint density at radius 1 is 1.26 bits per heavy atom. The van der Waals surface area contributed by atoms with Crippen molar-refractivity contribution in [2.75, 3.05) is 33.4 Å². The van der Waals surface area contributed by atoms with Gasteiger partial charge in [0.2, 0.25) is 15.9 Å². The van der Waals surface area contributed by atoms with Gasteiger partial charge >= 0.3 is 0 Å². The van der Waals surface area contributed by atoms with Crippen LogP contribution in [0.5, 0.6) is 0 Å². The van der Waals surface area contributed by atoms with E-state index in [4.69, 9.17) is 5.73 Å². The molecule has 1 rings (SSSR count). The van der Waals surface area contributed by atoms with Crippen molar-refractivity contribution >= 4 is 21.6 Å². The Morgan fingerprint density at radius 3 is 2.32 bits per heavy atom. The van der Waals surface area contributed by atoms with Gasteiger partial charge in [-0.15, -0.1) is 0 Å². The van der Waals surface area contributed by atoms with Crippen LogP contribution in [-0.4, -0.2) is 51.2 Å². The lowest BCUT2D eigenvalue weighted by Gasteiger charge is -2.20. The van der Waals surface area contributed by atoms with Crippen LogP contribution < -0.4 is 5.73 Å². The number of rotatable bonds is 4. The molecule has 1 aromatic rings. The first-order valence-corrected chi connectivity index (χ1v) is 7.13. The van der Waals surface area contributed by atoms with E-state index in [1.807, 2.05) is 0 Å².